The number of hydrogen-bond donors (Lipinski definition) is 1. The van der Waals surface area contributed by atoms with Gasteiger partial charge in [0, 0.05) is 5.69 Å². The molecule has 0 atom stereocenters. The largest absolute Gasteiger partial charge is 0.399 e. The second-order valence-corrected chi connectivity index (χ2v) is 4.80. The van der Waals surface area contributed by atoms with Gasteiger partial charge in [-0.05, 0) is 61.6 Å². The van der Waals surface area contributed by atoms with Crippen LogP contribution < -0.4 is 5.73 Å². The van der Waals surface area contributed by atoms with E-state index in [2.05, 4.69) is 45.0 Å². The van der Waals surface area contributed by atoms with E-state index in [1.807, 2.05) is 12.1 Å². The Morgan fingerprint density at radius 1 is 0.941 bits per heavy atom. The highest BCUT2D eigenvalue weighted by atomic mass is 14.5. The van der Waals surface area contributed by atoms with Gasteiger partial charge in [0.15, 0.2) is 0 Å². The van der Waals surface area contributed by atoms with Crippen LogP contribution >= 0.6 is 0 Å². The van der Waals surface area contributed by atoms with Crippen LogP contribution in [-0.4, -0.2) is 0 Å². The Morgan fingerprint density at radius 2 is 1.59 bits per heavy atom. The van der Waals surface area contributed by atoms with Crippen molar-refractivity contribution in [3.63, 3.8) is 0 Å². The van der Waals surface area contributed by atoms with E-state index in [-0.39, 0.29) is 0 Å². The number of benzene rings is 2. The van der Waals surface area contributed by atoms with Crippen LogP contribution in [0.4, 0.5) is 5.69 Å². The molecule has 0 saturated carbocycles. The van der Waals surface area contributed by atoms with Gasteiger partial charge in [-0.2, -0.15) is 0 Å². The second-order valence-electron chi connectivity index (χ2n) is 4.80. The molecule has 0 aliphatic carbocycles. The van der Waals surface area contributed by atoms with Gasteiger partial charge in [0.25, 0.3) is 0 Å². The molecule has 0 spiro atoms. The van der Waals surface area contributed by atoms with Crippen molar-refractivity contribution in [1.29, 1.82) is 0 Å². The minimum atomic E-state index is 0.838. The highest BCUT2D eigenvalue weighted by molar-refractivity contribution is 5.45. The number of aryl methyl sites for hydroxylation is 3. The summed E-state index contributed by atoms with van der Waals surface area (Å²) in [7, 11) is 0. The van der Waals surface area contributed by atoms with Crippen molar-refractivity contribution in [3.05, 3.63) is 64.2 Å². The first-order valence-electron chi connectivity index (χ1n) is 5.97. The lowest BCUT2D eigenvalue weighted by Gasteiger charge is -2.11. The Morgan fingerprint density at radius 3 is 2.18 bits per heavy atom. The molecule has 0 unspecified atom stereocenters. The molecular formula is C16H19N. The number of nitrogen functional groups attached to an aromatic ring is 1. The Kier molecular flexibility index (Phi) is 3.19. The molecule has 1 nitrogen and oxygen atoms in total. The van der Waals surface area contributed by atoms with Gasteiger partial charge < -0.3 is 5.73 Å². The van der Waals surface area contributed by atoms with E-state index < -0.39 is 0 Å². The Balaban J connectivity index is 2.36. The van der Waals surface area contributed by atoms with Gasteiger partial charge in [-0.15, -0.1) is 0 Å². The van der Waals surface area contributed by atoms with Crippen molar-refractivity contribution in [3.8, 4) is 0 Å². The van der Waals surface area contributed by atoms with E-state index >= 15 is 0 Å². The molecule has 0 bridgehead atoms. The summed E-state index contributed by atoms with van der Waals surface area (Å²) in [6.07, 6.45) is 0.961. The Bertz CT molecular complexity index is 518. The minimum absolute atomic E-state index is 0.838. The number of hydrogen-bond acceptors (Lipinski definition) is 1. The zero-order chi connectivity index (χ0) is 12.4. The van der Waals surface area contributed by atoms with Gasteiger partial charge in [-0.3, -0.25) is 0 Å². The van der Waals surface area contributed by atoms with Crippen LogP contribution in [0.2, 0.25) is 0 Å². The van der Waals surface area contributed by atoms with Gasteiger partial charge >= 0.3 is 0 Å². The Labute approximate surface area is 103 Å². The fraction of sp³-hybridized carbons (Fsp3) is 0.250. The standard InChI is InChI=1S/C16H19N/c1-11-7-12(2)16(13(3)8-11)10-14-5-4-6-15(17)9-14/h4-9H,10,17H2,1-3H3. The fourth-order valence-corrected chi connectivity index (χ4v) is 2.40. The molecule has 0 radical (unpaired) electrons. The van der Waals surface area contributed by atoms with Gasteiger partial charge in [0.2, 0.25) is 0 Å². The third-order valence-electron chi connectivity index (χ3n) is 3.17. The summed E-state index contributed by atoms with van der Waals surface area (Å²) in [5.74, 6) is 0. The summed E-state index contributed by atoms with van der Waals surface area (Å²) in [6, 6.07) is 12.6. The van der Waals surface area contributed by atoms with Crippen LogP contribution in [0, 0.1) is 20.8 Å². The minimum Gasteiger partial charge on any atom is -0.399 e. The molecule has 0 saturated heterocycles. The smallest absolute Gasteiger partial charge is 0.0316 e. The first kappa shape index (κ1) is 11.7. The summed E-state index contributed by atoms with van der Waals surface area (Å²) in [6.45, 7) is 6.51. The molecule has 0 aliphatic heterocycles. The van der Waals surface area contributed by atoms with Crippen LogP contribution in [0.3, 0.4) is 0 Å². The van der Waals surface area contributed by atoms with Crippen LogP contribution in [0.5, 0.6) is 0 Å². The molecular weight excluding hydrogens is 206 g/mol. The van der Waals surface area contributed by atoms with E-state index in [0.717, 1.165) is 12.1 Å². The highest BCUT2D eigenvalue weighted by Crippen LogP contribution is 2.20. The molecule has 0 heterocycles. The van der Waals surface area contributed by atoms with Crippen molar-refractivity contribution in [2.75, 3.05) is 5.73 Å². The molecule has 0 fully saturated rings. The molecule has 0 aromatic heterocycles. The van der Waals surface area contributed by atoms with Gasteiger partial charge in [-0.1, -0.05) is 29.8 Å². The molecule has 0 aliphatic rings. The normalized spacial score (nSPS) is 10.5. The summed E-state index contributed by atoms with van der Waals surface area (Å²) < 4.78 is 0. The average molecular weight is 225 g/mol. The van der Waals surface area contributed by atoms with Crippen molar-refractivity contribution in [2.45, 2.75) is 27.2 Å². The molecule has 17 heavy (non-hydrogen) atoms. The second kappa shape index (κ2) is 4.62. The molecule has 2 aromatic carbocycles. The maximum absolute atomic E-state index is 5.81. The molecule has 88 valence electrons. The predicted octanol–water partition coefficient (Wildman–Crippen LogP) is 3.78. The van der Waals surface area contributed by atoms with Crippen molar-refractivity contribution in [1.82, 2.24) is 0 Å². The summed E-state index contributed by atoms with van der Waals surface area (Å²) in [5.41, 5.74) is 13.4. The third kappa shape index (κ3) is 2.68. The van der Waals surface area contributed by atoms with Crippen LogP contribution in [0.15, 0.2) is 36.4 Å². The van der Waals surface area contributed by atoms with Gasteiger partial charge in [-0.25, -0.2) is 0 Å². The maximum atomic E-state index is 5.81. The number of nitrogens with two attached hydrogens (primary N) is 1. The lowest BCUT2D eigenvalue weighted by atomic mass is 9.94. The monoisotopic (exact) mass is 225 g/mol. The first-order valence-corrected chi connectivity index (χ1v) is 5.97. The molecule has 0 amide bonds. The summed E-state index contributed by atoms with van der Waals surface area (Å²) in [5, 5.41) is 0. The predicted molar refractivity (Wildman–Crippen MR) is 74.3 cm³/mol. The van der Waals surface area contributed by atoms with E-state index in [9.17, 15) is 0 Å². The first-order chi connectivity index (χ1) is 8.06. The molecule has 2 rings (SSSR count). The van der Waals surface area contributed by atoms with Crippen LogP contribution in [0.25, 0.3) is 0 Å². The lowest BCUT2D eigenvalue weighted by Crippen LogP contribution is -1.97. The fourth-order valence-electron chi connectivity index (χ4n) is 2.40. The molecule has 1 heteroatoms. The van der Waals surface area contributed by atoms with E-state index in [1.165, 1.54) is 27.8 Å². The Hall–Kier alpha value is -1.76. The lowest BCUT2D eigenvalue weighted by molar-refractivity contribution is 1.11. The van der Waals surface area contributed by atoms with Gasteiger partial charge in [0.1, 0.15) is 0 Å². The SMILES string of the molecule is Cc1cc(C)c(Cc2cccc(N)c2)c(C)c1. The summed E-state index contributed by atoms with van der Waals surface area (Å²) >= 11 is 0. The van der Waals surface area contributed by atoms with Gasteiger partial charge in [0.05, 0.1) is 0 Å². The molecule has 2 aromatic rings. The van der Waals surface area contributed by atoms with E-state index in [1.54, 1.807) is 0 Å². The van der Waals surface area contributed by atoms with Crippen molar-refractivity contribution in [2.24, 2.45) is 0 Å². The topological polar surface area (TPSA) is 26.0 Å². The van der Waals surface area contributed by atoms with E-state index in [4.69, 9.17) is 5.73 Å². The van der Waals surface area contributed by atoms with Crippen molar-refractivity contribution >= 4 is 5.69 Å². The summed E-state index contributed by atoms with van der Waals surface area (Å²) in [4.78, 5) is 0. The maximum Gasteiger partial charge on any atom is 0.0316 e. The van der Waals surface area contributed by atoms with Crippen LogP contribution in [-0.2, 0) is 6.42 Å². The average Bonchev–Trinajstić information content (AvgIpc) is 2.23. The van der Waals surface area contributed by atoms with Crippen LogP contribution in [0.1, 0.15) is 27.8 Å². The highest BCUT2D eigenvalue weighted by Gasteiger charge is 2.05. The molecule has 2 N–H and O–H groups in total. The number of anilines is 1. The van der Waals surface area contributed by atoms with Crippen molar-refractivity contribution < 1.29 is 0 Å². The number of rotatable bonds is 2. The van der Waals surface area contributed by atoms with E-state index in [0.29, 0.717) is 0 Å². The zero-order valence-corrected chi connectivity index (χ0v) is 10.7. The third-order valence-corrected chi connectivity index (χ3v) is 3.17. The quantitative estimate of drug-likeness (QED) is 0.773. The zero-order valence-electron chi connectivity index (χ0n) is 10.7.